The normalized spacial score (nSPS) is 12.3. The van der Waals surface area contributed by atoms with Crippen LogP contribution < -0.4 is 0 Å². The quantitative estimate of drug-likeness (QED) is 0.797. The van der Waals surface area contributed by atoms with Crippen LogP contribution in [0.5, 0.6) is 0 Å². The largest absolute Gasteiger partial charge is 0.467 e. The minimum atomic E-state index is -1.99. The highest BCUT2D eigenvalue weighted by atomic mass is 35.5. The molecule has 0 heterocycles. The van der Waals surface area contributed by atoms with Crippen LogP contribution in [0.2, 0.25) is 5.02 Å². The number of carbonyl (C=O) groups is 1. The lowest BCUT2D eigenvalue weighted by molar-refractivity contribution is -0.151. The average molecular weight is 237 g/mol. The van der Waals surface area contributed by atoms with Crippen molar-refractivity contribution >= 4 is 17.6 Å². The van der Waals surface area contributed by atoms with E-state index in [1.54, 1.807) is 0 Å². The standard InChI is InChI=1S/C9H7ClF2O3/c1-15-9(14)8(13)7-5(11)2-4(10)3-6(7)12/h2-3,8,13H,1H3. The summed E-state index contributed by atoms with van der Waals surface area (Å²) in [6, 6.07) is 1.60. The molecule has 0 amide bonds. The number of aliphatic hydroxyl groups excluding tert-OH is 1. The highest BCUT2D eigenvalue weighted by Crippen LogP contribution is 2.25. The Morgan fingerprint density at radius 3 is 2.33 bits per heavy atom. The SMILES string of the molecule is COC(=O)C(O)c1c(F)cc(Cl)cc1F. The number of hydrogen-bond acceptors (Lipinski definition) is 3. The van der Waals surface area contributed by atoms with Gasteiger partial charge in [-0.15, -0.1) is 0 Å². The van der Waals surface area contributed by atoms with Gasteiger partial charge in [0.1, 0.15) is 11.6 Å². The van der Waals surface area contributed by atoms with Crippen LogP contribution in [-0.2, 0) is 9.53 Å². The number of carbonyl (C=O) groups excluding carboxylic acids is 1. The molecule has 0 saturated carbocycles. The molecule has 0 aliphatic heterocycles. The number of esters is 1. The molecule has 0 radical (unpaired) electrons. The Kier molecular flexibility index (Phi) is 3.60. The summed E-state index contributed by atoms with van der Waals surface area (Å²) in [5.41, 5.74) is -0.772. The van der Waals surface area contributed by atoms with Gasteiger partial charge in [-0.1, -0.05) is 11.6 Å². The van der Waals surface area contributed by atoms with Gasteiger partial charge < -0.3 is 9.84 Å². The number of aliphatic hydroxyl groups is 1. The molecule has 0 fully saturated rings. The first kappa shape index (κ1) is 11.9. The fourth-order valence-electron chi connectivity index (χ4n) is 1.04. The molecule has 0 bridgehead atoms. The molecule has 0 spiro atoms. The number of rotatable bonds is 2. The van der Waals surface area contributed by atoms with Gasteiger partial charge in [-0.05, 0) is 12.1 Å². The second kappa shape index (κ2) is 4.55. The van der Waals surface area contributed by atoms with Gasteiger partial charge in [0.05, 0.1) is 12.7 Å². The summed E-state index contributed by atoms with van der Waals surface area (Å²) in [6.45, 7) is 0. The fraction of sp³-hybridized carbons (Fsp3) is 0.222. The predicted molar refractivity (Wildman–Crippen MR) is 48.3 cm³/mol. The number of hydrogen-bond donors (Lipinski definition) is 1. The van der Waals surface area contributed by atoms with Gasteiger partial charge in [0.25, 0.3) is 0 Å². The third kappa shape index (κ3) is 2.43. The summed E-state index contributed by atoms with van der Waals surface area (Å²) in [7, 11) is 0.997. The van der Waals surface area contributed by atoms with E-state index in [-0.39, 0.29) is 5.02 Å². The molecule has 0 saturated heterocycles. The molecule has 0 aliphatic carbocycles. The van der Waals surface area contributed by atoms with Gasteiger partial charge in [0.2, 0.25) is 0 Å². The van der Waals surface area contributed by atoms with Crippen LogP contribution in [0.4, 0.5) is 8.78 Å². The molecule has 15 heavy (non-hydrogen) atoms. The first-order chi connectivity index (χ1) is 6.97. The number of benzene rings is 1. The van der Waals surface area contributed by atoms with Crippen molar-refractivity contribution in [2.45, 2.75) is 6.10 Å². The van der Waals surface area contributed by atoms with E-state index >= 15 is 0 Å². The average Bonchev–Trinajstić information content (AvgIpc) is 2.14. The summed E-state index contributed by atoms with van der Waals surface area (Å²) in [5.74, 6) is -3.34. The monoisotopic (exact) mass is 236 g/mol. The van der Waals surface area contributed by atoms with Crippen LogP contribution in [0, 0.1) is 11.6 Å². The summed E-state index contributed by atoms with van der Waals surface area (Å²) in [5, 5.41) is 9.08. The van der Waals surface area contributed by atoms with Crippen molar-refractivity contribution in [3.63, 3.8) is 0 Å². The lowest BCUT2D eigenvalue weighted by Crippen LogP contribution is -2.16. The van der Waals surface area contributed by atoms with Gasteiger partial charge in [0.15, 0.2) is 6.10 Å². The van der Waals surface area contributed by atoms with E-state index in [1.165, 1.54) is 0 Å². The Labute approximate surface area is 89.2 Å². The van der Waals surface area contributed by atoms with Crippen molar-refractivity contribution in [1.29, 1.82) is 0 Å². The summed E-state index contributed by atoms with van der Waals surface area (Å²) >= 11 is 5.36. The van der Waals surface area contributed by atoms with E-state index in [0.717, 1.165) is 19.2 Å². The van der Waals surface area contributed by atoms with E-state index in [9.17, 15) is 18.7 Å². The van der Waals surface area contributed by atoms with Crippen LogP contribution in [0.25, 0.3) is 0 Å². The van der Waals surface area contributed by atoms with E-state index in [1.807, 2.05) is 0 Å². The van der Waals surface area contributed by atoms with Gasteiger partial charge in [-0.3, -0.25) is 0 Å². The van der Waals surface area contributed by atoms with Crippen molar-refractivity contribution in [2.24, 2.45) is 0 Å². The first-order valence-corrected chi connectivity index (χ1v) is 4.25. The molecular formula is C9H7ClF2O3. The molecular weight excluding hydrogens is 230 g/mol. The molecule has 1 aromatic rings. The molecule has 3 nitrogen and oxygen atoms in total. The van der Waals surface area contributed by atoms with E-state index in [4.69, 9.17) is 11.6 Å². The Morgan fingerprint density at radius 2 is 1.93 bits per heavy atom. The molecule has 1 N–H and O–H groups in total. The van der Waals surface area contributed by atoms with Crippen molar-refractivity contribution in [3.8, 4) is 0 Å². The van der Waals surface area contributed by atoms with E-state index in [2.05, 4.69) is 4.74 Å². The maximum Gasteiger partial charge on any atom is 0.339 e. The van der Waals surface area contributed by atoms with Crippen molar-refractivity contribution in [3.05, 3.63) is 34.4 Å². The molecule has 1 rings (SSSR count). The third-order valence-electron chi connectivity index (χ3n) is 1.74. The van der Waals surface area contributed by atoms with Gasteiger partial charge in [-0.25, -0.2) is 13.6 Å². The highest BCUT2D eigenvalue weighted by Gasteiger charge is 2.25. The fourth-order valence-corrected chi connectivity index (χ4v) is 1.24. The van der Waals surface area contributed by atoms with Gasteiger partial charge in [-0.2, -0.15) is 0 Å². The van der Waals surface area contributed by atoms with Crippen LogP contribution >= 0.6 is 11.6 Å². The number of halogens is 3. The second-order valence-corrected chi connectivity index (χ2v) is 3.15. The van der Waals surface area contributed by atoms with Crippen molar-refractivity contribution < 1.29 is 23.4 Å². The molecule has 1 aromatic carbocycles. The summed E-state index contributed by atoms with van der Waals surface area (Å²) in [4.78, 5) is 10.9. The first-order valence-electron chi connectivity index (χ1n) is 3.87. The van der Waals surface area contributed by atoms with E-state index in [0.29, 0.717) is 0 Å². The van der Waals surface area contributed by atoms with Gasteiger partial charge >= 0.3 is 5.97 Å². The molecule has 6 heteroatoms. The lowest BCUT2D eigenvalue weighted by atomic mass is 10.1. The zero-order valence-corrected chi connectivity index (χ0v) is 8.39. The van der Waals surface area contributed by atoms with Gasteiger partial charge in [0, 0.05) is 5.02 Å². The van der Waals surface area contributed by atoms with E-state index < -0.39 is 29.3 Å². The predicted octanol–water partition coefficient (Wildman–Crippen LogP) is 1.82. The van der Waals surface area contributed by atoms with Crippen LogP contribution in [0.3, 0.4) is 0 Å². The van der Waals surface area contributed by atoms with Crippen molar-refractivity contribution in [1.82, 2.24) is 0 Å². The topological polar surface area (TPSA) is 46.5 Å². The maximum absolute atomic E-state index is 13.2. The number of ether oxygens (including phenoxy) is 1. The molecule has 0 aromatic heterocycles. The maximum atomic E-state index is 13.2. The lowest BCUT2D eigenvalue weighted by Gasteiger charge is -2.10. The van der Waals surface area contributed by atoms with Crippen LogP contribution in [0.15, 0.2) is 12.1 Å². The molecule has 82 valence electrons. The smallest absolute Gasteiger partial charge is 0.339 e. The highest BCUT2D eigenvalue weighted by molar-refractivity contribution is 6.30. The third-order valence-corrected chi connectivity index (χ3v) is 1.96. The number of methoxy groups -OCH3 is 1. The zero-order chi connectivity index (χ0) is 11.6. The Morgan fingerprint density at radius 1 is 1.47 bits per heavy atom. The second-order valence-electron chi connectivity index (χ2n) is 2.71. The molecule has 0 aliphatic rings. The summed E-state index contributed by atoms with van der Waals surface area (Å²) < 4.78 is 30.5. The van der Waals surface area contributed by atoms with Crippen LogP contribution in [-0.4, -0.2) is 18.2 Å². The summed E-state index contributed by atoms with van der Waals surface area (Å²) in [6.07, 6.45) is -1.99. The molecule has 1 atom stereocenters. The Balaban J connectivity index is 3.19. The minimum absolute atomic E-state index is 0.161. The minimum Gasteiger partial charge on any atom is -0.467 e. The Hall–Kier alpha value is -1.20. The zero-order valence-electron chi connectivity index (χ0n) is 7.63. The van der Waals surface area contributed by atoms with Crippen molar-refractivity contribution in [2.75, 3.05) is 7.11 Å². The van der Waals surface area contributed by atoms with Crippen LogP contribution in [0.1, 0.15) is 11.7 Å². The Bertz CT molecular complexity index is 372. The molecule has 1 unspecified atom stereocenters.